The molecule has 0 aromatic rings. The van der Waals surface area contributed by atoms with E-state index in [2.05, 4.69) is 103 Å². The zero-order chi connectivity index (χ0) is 29.6. The van der Waals surface area contributed by atoms with E-state index in [0.29, 0.717) is 35.1 Å². The normalized spacial score (nSPS) is 23.6. The van der Waals surface area contributed by atoms with Crippen molar-refractivity contribution in [3.05, 3.63) is 11.6 Å². The lowest BCUT2D eigenvalue weighted by atomic mass is 9.54. The molecule has 1 saturated carbocycles. The van der Waals surface area contributed by atoms with Gasteiger partial charge in [0.15, 0.2) is 0 Å². The second kappa shape index (κ2) is 14.4. The van der Waals surface area contributed by atoms with Gasteiger partial charge in [-0.2, -0.15) is 0 Å². The minimum absolute atomic E-state index is 0.0500. The summed E-state index contributed by atoms with van der Waals surface area (Å²) in [4.78, 5) is 14.4. The lowest BCUT2D eigenvalue weighted by Gasteiger charge is -2.54. The number of hydrogen-bond donors (Lipinski definition) is 0. The summed E-state index contributed by atoms with van der Waals surface area (Å²) < 4.78 is 18.7. The highest BCUT2D eigenvalue weighted by Gasteiger charge is 2.56. The van der Waals surface area contributed by atoms with Crippen molar-refractivity contribution >= 4 is 14.1 Å². The fraction of sp³-hybridized carbons (Fsp3) is 0.909. The summed E-state index contributed by atoms with van der Waals surface area (Å²) in [5, 5.41) is 0. The minimum atomic E-state index is -2.17. The molecule has 0 heterocycles. The van der Waals surface area contributed by atoms with Gasteiger partial charge in [0.05, 0.1) is 11.7 Å². The second-order valence-electron chi connectivity index (χ2n) is 14.8. The molecule has 0 unspecified atom stereocenters. The van der Waals surface area contributed by atoms with E-state index < -0.39 is 8.32 Å². The van der Waals surface area contributed by atoms with Crippen molar-refractivity contribution in [3.63, 3.8) is 0 Å². The lowest BCUT2D eigenvalue weighted by Crippen LogP contribution is -2.58. The number of hydrogen-bond acceptors (Lipinski definition) is 4. The Balaban J connectivity index is 3.57. The van der Waals surface area contributed by atoms with Crippen LogP contribution in [0.3, 0.4) is 0 Å². The largest absolute Gasteiger partial charge is 0.412 e. The fourth-order valence-electron chi connectivity index (χ4n) is 7.35. The van der Waals surface area contributed by atoms with E-state index >= 15 is 0 Å². The molecule has 0 bridgehead atoms. The molecule has 1 aliphatic rings. The summed E-state index contributed by atoms with van der Waals surface area (Å²) in [6, 6.07) is 0. The first-order valence-electron chi connectivity index (χ1n) is 15.3. The van der Waals surface area contributed by atoms with Gasteiger partial charge in [-0.25, -0.2) is 0 Å². The number of ketones is 1. The van der Waals surface area contributed by atoms with Gasteiger partial charge in [0.25, 0.3) is 0 Å². The molecule has 0 saturated heterocycles. The standard InChI is InChI=1S/C33H64O4Si/c1-22(2)16-17-27-20-28(18-19-32(11,12)36-21-35-15)33(13,14)29(30(27)34)31(23(3)4)37-38(24(5)6,25(7)8)26(9)10/h16,23-29,31H,17-21H2,1-15H3/t27-,28-,29-,31+/m0/s1. The summed E-state index contributed by atoms with van der Waals surface area (Å²) in [5.74, 6) is 1.06. The Hall–Kier alpha value is -0.493. The summed E-state index contributed by atoms with van der Waals surface area (Å²) in [6.07, 6.45) is 5.95. The molecule has 0 aromatic heterocycles. The molecule has 0 amide bonds. The van der Waals surface area contributed by atoms with Gasteiger partial charge >= 0.3 is 0 Å². The maximum atomic E-state index is 14.4. The fourth-order valence-corrected chi connectivity index (χ4v) is 13.0. The first kappa shape index (κ1) is 35.5. The highest BCUT2D eigenvalue weighted by molar-refractivity contribution is 6.77. The Kier molecular flexibility index (Phi) is 13.5. The first-order chi connectivity index (χ1) is 17.3. The van der Waals surface area contributed by atoms with Crippen molar-refractivity contribution < 1.29 is 18.7 Å². The Morgan fingerprint density at radius 3 is 1.97 bits per heavy atom. The number of rotatable bonds is 15. The number of allylic oxidation sites excluding steroid dienone is 2. The van der Waals surface area contributed by atoms with Crippen LogP contribution in [-0.4, -0.2) is 39.7 Å². The maximum Gasteiger partial charge on any atom is 0.200 e. The van der Waals surface area contributed by atoms with Gasteiger partial charge in [-0.1, -0.05) is 80.9 Å². The quantitative estimate of drug-likeness (QED) is 0.115. The number of ether oxygens (including phenoxy) is 2. The molecule has 0 N–H and O–H groups in total. The predicted octanol–water partition coefficient (Wildman–Crippen LogP) is 9.59. The van der Waals surface area contributed by atoms with E-state index in [9.17, 15) is 4.79 Å². The van der Waals surface area contributed by atoms with Crippen LogP contribution in [0.25, 0.3) is 0 Å². The van der Waals surface area contributed by atoms with Crippen LogP contribution < -0.4 is 0 Å². The van der Waals surface area contributed by atoms with Crippen molar-refractivity contribution in [2.45, 2.75) is 151 Å². The molecule has 1 fully saturated rings. The Morgan fingerprint density at radius 1 is 1.03 bits per heavy atom. The lowest BCUT2D eigenvalue weighted by molar-refractivity contribution is -0.150. The van der Waals surface area contributed by atoms with Crippen LogP contribution in [0, 0.1) is 29.1 Å². The Morgan fingerprint density at radius 2 is 1.55 bits per heavy atom. The van der Waals surface area contributed by atoms with Crippen LogP contribution in [0.2, 0.25) is 16.6 Å². The van der Waals surface area contributed by atoms with Crippen LogP contribution >= 0.6 is 0 Å². The van der Waals surface area contributed by atoms with Gasteiger partial charge in [-0.3, -0.25) is 4.79 Å². The molecule has 224 valence electrons. The van der Waals surface area contributed by atoms with Gasteiger partial charge in [-0.15, -0.1) is 0 Å². The van der Waals surface area contributed by atoms with Crippen LogP contribution in [0.15, 0.2) is 11.6 Å². The van der Waals surface area contributed by atoms with Gasteiger partial charge in [0.2, 0.25) is 8.32 Å². The highest BCUT2D eigenvalue weighted by atomic mass is 28.4. The van der Waals surface area contributed by atoms with Crippen LogP contribution in [0.1, 0.15) is 123 Å². The Bertz CT molecular complexity index is 739. The maximum absolute atomic E-state index is 14.4. The number of methoxy groups -OCH3 is 1. The summed E-state index contributed by atoms with van der Waals surface area (Å²) in [7, 11) is -0.500. The molecule has 4 nitrogen and oxygen atoms in total. The molecule has 1 rings (SSSR count). The Labute approximate surface area is 238 Å². The zero-order valence-corrected chi connectivity index (χ0v) is 28.9. The molecular weight excluding hydrogens is 488 g/mol. The van der Waals surface area contributed by atoms with E-state index in [4.69, 9.17) is 13.9 Å². The molecule has 0 spiro atoms. The molecule has 0 radical (unpaired) electrons. The molecule has 38 heavy (non-hydrogen) atoms. The van der Waals surface area contributed by atoms with E-state index in [1.54, 1.807) is 7.11 Å². The van der Waals surface area contributed by atoms with Crippen LogP contribution in [-0.2, 0) is 18.7 Å². The van der Waals surface area contributed by atoms with E-state index in [1.165, 1.54) is 5.57 Å². The predicted molar refractivity (Wildman–Crippen MR) is 165 cm³/mol. The van der Waals surface area contributed by atoms with Crippen molar-refractivity contribution in [2.24, 2.45) is 29.1 Å². The topological polar surface area (TPSA) is 44.8 Å². The highest BCUT2D eigenvalue weighted by Crippen LogP contribution is 2.53. The third-order valence-corrected chi connectivity index (χ3v) is 15.7. The van der Waals surface area contributed by atoms with Crippen LogP contribution in [0.4, 0.5) is 0 Å². The number of Topliss-reactive ketones (excluding diaryl/α,β-unsaturated/α-hetero) is 1. The average Bonchev–Trinajstić information content (AvgIpc) is 2.77. The monoisotopic (exact) mass is 552 g/mol. The van der Waals surface area contributed by atoms with Gasteiger partial charge in [0, 0.05) is 18.9 Å². The van der Waals surface area contributed by atoms with Crippen molar-refractivity contribution in [1.82, 2.24) is 0 Å². The van der Waals surface area contributed by atoms with Gasteiger partial charge < -0.3 is 13.9 Å². The van der Waals surface area contributed by atoms with Crippen molar-refractivity contribution in [1.29, 1.82) is 0 Å². The van der Waals surface area contributed by atoms with E-state index in [1.807, 2.05) is 0 Å². The van der Waals surface area contributed by atoms with Crippen LogP contribution in [0.5, 0.6) is 0 Å². The smallest absolute Gasteiger partial charge is 0.200 e. The molecule has 5 heteroatoms. The third-order valence-electron chi connectivity index (χ3n) is 9.64. The van der Waals surface area contributed by atoms with Gasteiger partial charge in [-0.05, 0) is 87.3 Å². The first-order valence-corrected chi connectivity index (χ1v) is 17.5. The molecule has 0 aromatic carbocycles. The third kappa shape index (κ3) is 8.50. The summed E-state index contributed by atoms with van der Waals surface area (Å²) in [5.41, 5.74) is 2.33. The molecule has 4 atom stereocenters. The molecule has 1 aliphatic carbocycles. The molecule has 0 aliphatic heterocycles. The zero-order valence-electron chi connectivity index (χ0n) is 27.9. The van der Waals surface area contributed by atoms with Crippen molar-refractivity contribution in [2.75, 3.05) is 13.9 Å². The second-order valence-corrected chi connectivity index (χ2v) is 20.2. The van der Waals surface area contributed by atoms with Gasteiger partial charge in [0.1, 0.15) is 12.6 Å². The SMILES string of the molecule is COCOC(C)(C)CC[C@H]1C[C@H](CC=C(C)C)C(=O)[C@@H]([C@H](O[Si](C(C)C)(C(C)C)C(C)C)C(C)C)C1(C)C. The number of carbonyl (C=O) groups is 1. The van der Waals surface area contributed by atoms with Crippen molar-refractivity contribution in [3.8, 4) is 0 Å². The van der Waals surface area contributed by atoms with E-state index in [0.717, 1.165) is 25.7 Å². The average molecular weight is 553 g/mol. The molecular formula is C33H64O4Si. The minimum Gasteiger partial charge on any atom is -0.412 e. The number of carbonyl (C=O) groups excluding carboxylic acids is 1. The summed E-state index contributed by atoms with van der Waals surface area (Å²) >= 11 is 0. The summed E-state index contributed by atoms with van der Waals surface area (Å²) in [6.45, 7) is 32.2. The van der Waals surface area contributed by atoms with E-state index in [-0.39, 0.29) is 34.9 Å².